The van der Waals surface area contributed by atoms with Crippen molar-refractivity contribution in [3.8, 4) is 0 Å². The molecule has 0 N–H and O–H groups in total. The standard InChI is InChI=1S/C8H5ClFNS/c1-4-2-3-5-7(6(4)10)12-8(9)11-5/h2-3H,1H3. The van der Waals surface area contributed by atoms with Crippen LogP contribution >= 0.6 is 22.9 Å². The third-order valence-electron chi connectivity index (χ3n) is 1.66. The van der Waals surface area contributed by atoms with Gasteiger partial charge < -0.3 is 0 Å². The molecule has 2 aromatic rings. The van der Waals surface area contributed by atoms with Crippen molar-refractivity contribution in [2.45, 2.75) is 6.92 Å². The fourth-order valence-corrected chi connectivity index (χ4v) is 2.13. The molecule has 0 radical (unpaired) electrons. The zero-order chi connectivity index (χ0) is 8.72. The van der Waals surface area contributed by atoms with Gasteiger partial charge in [0.2, 0.25) is 0 Å². The Morgan fingerprint density at radius 3 is 3.00 bits per heavy atom. The number of hydrogen-bond acceptors (Lipinski definition) is 2. The van der Waals surface area contributed by atoms with E-state index in [1.54, 1.807) is 19.1 Å². The van der Waals surface area contributed by atoms with Crippen LogP contribution in [0, 0.1) is 12.7 Å². The lowest BCUT2D eigenvalue weighted by molar-refractivity contribution is 0.632. The lowest BCUT2D eigenvalue weighted by atomic mass is 10.2. The van der Waals surface area contributed by atoms with Crippen LogP contribution in [0.15, 0.2) is 12.1 Å². The first kappa shape index (κ1) is 7.95. The minimum Gasteiger partial charge on any atom is -0.225 e. The summed E-state index contributed by atoms with van der Waals surface area (Å²) in [4.78, 5) is 3.96. The van der Waals surface area contributed by atoms with E-state index in [0.29, 0.717) is 20.2 Å². The Balaban J connectivity index is 2.89. The maximum absolute atomic E-state index is 13.3. The molecule has 0 aliphatic heterocycles. The van der Waals surface area contributed by atoms with Crippen LogP contribution < -0.4 is 0 Å². The van der Waals surface area contributed by atoms with Crippen molar-refractivity contribution in [2.24, 2.45) is 0 Å². The maximum Gasteiger partial charge on any atom is 0.184 e. The lowest BCUT2D eigenvalue weighted by Crippen LogP contribution is -1.80. The molecule has 0 bridgehead atoms. The van der Waals surface area contributed by atoms with Gasteiger partial charge in [-0.3, -0.25) is 0 Å². The highest BCUT2D eigenvalue weighted by Crippen LogP contribution is 2.29. The molecular weight excluding hydrogens is 197 g/mol. The van der Waals surface area contributed by atoms with E-state index < -0.39 is 0 Å². The summed E-state index contributed by atoms with van der Waals surface area (Å²) >= 11 is 6.82. The van der Waals surface area contributed by atoms with E-state index in [0.717, 1.165) is 0 Å². The van der Waals surface area contributed by atoms with E-state index in [2.05, 4.69) is 4.98 Å². The van der Waals surface area contributed by atoms with Crippen LogP contribution in [0.4, 0.5) is 4.39 Å². The summed E-state index contributed by atoms with van der Waals surface area (Å²) in [5, 5.41) is 0. The summed E-state index contributed by atoms with van der Waals surface area (Å²) in [5.74, 6) is -0.211. The maximum atomic E-state index is 13.3. The third kappa shape index (κ3) is 1.09. The van der Waals surface area contributed by atoms with E-state index >= 15 is 0 Å². The summed E-state index contributed by atoms with van der Waals surface area (Å²) in [5.41, 5.74) is 1.26. The van der Waals surface area contributed by atoms with Gasteiger partial charge in [-0.05, 0) is 18.6 Å². The zero-order valence-electron chi connectivity index (χ0n) is 6.27. The van der Waals surface area contributed by atoms with Crippen molar-refractivity contribution < 1.29 is 4.39 Å². The van der Waals surface area contributed by atoms with Crippen molar-refractivity contribution in [3.05, 3.63) is 28.0 Å². The first-order valence-corrected chi connectivity index (χ1v) is 4.59. The van der Waals surface area contributed by atoms with Crippen molar-refractivity contribution in [2.75, 3.05) is 0 Å². The van der Waals surface area contributed by atoms with Crippen LogP contribution in [-0.2, 0) is 0 Å². The van der Waals surface area contributed by atoms with Gasteiger partial charge in [0, 0.05) is 0 Å². The van der Waals surface area contributed by atoms with Crippen LogP contribution in [0.5, 0.6) is 0 Å². The number of aromatic nitrogens is 1. The predicted octanol–water partition coefficient (Wildman–Crippen LogP) is 3.40. The lowest BCUT2D eigenvalue weighted by Gasteiger charge is -1.93. The largest absolute Gasteiger partial charge is 0.225 e. The third-order valence-corrected chi connectivity index (χ3v) is 2.83. The average molecular weight is 202 g/mol. The summed E-state index contributed by atoms with van der Waals surface area (Å²) in [6, 6.07) is 3.48. The van der Waals surface area contributed by atoms with Crippen molar-refractivity contribution in [1.29, 1.82) is 0 Å². The number of fused-ring (bicyclic) bond motifs is 1. The van der Waals surface area contributed by atoms with E-state index in [-0.39, 0.29) is 5.82 Å². The molecule has 1 nitrogen and oxygen atoms in total. The van der Waals surface area contributed by atoms with Crippen molar-refractivity contribution >= 4 is 33.2 Å². The fourth-order valence-electron chi connectivity index (χ4n) is 1.03. The summed E-state index contributed by atoms with van der Waals surface area (Å²) in [6.45, 7) is 1.72. The molecule has 0 spiro atoms. The number of hydrogen-bond donors (Lipinski definition) is 0. The SMILES string of the molecule is Cc1ccc2nc(Cl)sc2c1F. The molecule has 0 aliphatic carbocycles. The molecule has 1 aromatic carbocycles. The molecule has 0 saturated carbocycles. The number of benzene rings is 1. The molecule has 2 rings (SSSR count). The Kier molecular flexibility index (Phi) is 1.77. The number of rotatable bonds is 0. The van der Waals surface area contributed by atoms with Gasteiger partial charge in [0.15, 0.2) is 4.47 Å². The second-order valence-corrected chi connectivity index (χ2v) is 4.09. The van der Waals surface area contributed by atoms with Crippen LogP contribution in [0.2, 0.25) is 4.47 Å². The van der Waals surface area contributed by atoms with Gasteiger partial charge in [0.25, 0.3) is 0 Å². The van der Waals surface area contributed by atoms with E-state index in [1.807, 2.05) is 0 Å². The quantitative estimate of drug-likeness (QED) is 0.637. The summed E-state index contributed by atoms with van der Waals surface area (Å²) in [7, 11) is 0. The van der Waals surface area contributed by atoms with Gasteiger partial charge in [0.1, 0.15) is 5.82 Å². The van der Waals surface area contributed by atoms with Gasteiger partial charge in [0.05, 0.1) is 10.2 Å². The normalized spacial score (nSPS) is 10.9. The number of thiazole rings is 1. The average Bonchev–Trinajstić information content (AvgIpc) is 2.39. The molecule has 0 aliphatic rings. The van der Waals surface area contributed by atoms with Crippen LogP contribution in [-0.4, -0.2) is 4.98 Å². The van der Waals surface area contributed by atoms with Gasteiger partial charge in [-0.1, -0.05) is 29.0 Å². The van der Waals surface area contributed by atoms with Gasteiger partial charge in [-0.25, -0.2) is 9.37 Å². The van der Waals surface area contributed by atoms with Gasteiger partial charge >= 0.3 is 0 Å². The Labute approximate surface area is 77.8 Å². The van der Waals surface area contributed by atoms with Crippen LogP contribution in [0.25, 0.3) is 10.2 Å². The van der Waals surface area contributed by atoms with E-state index in [9.17, 15) is 4.39 Å². The first-order valence-electron chi connectivity index (χ1n) is 3.39. The molecule has 4 heteroatoms. The van der Waals surface area contributed by atoms with E-state index in [4.69, 9.17) is 11.6 Å². The van der Waals surface area contributed by atoms with Gasteiger partial charge in [-0.15, -0.1) is 0 Å². The van der Waals surface area contributed by atoms with Crippen LogP contribution in [0.1, 0.15) is 5.56 Å². The van der Waals surface area contributed by atoms with Crippen molar-refractivity contribution in [3.63, 3.8) is 0 Å². The zero-order valence-corrected chi connectivity index (χ0v) is 7.84. The molecule has 0 amide bonds. The molecule has 0 unspecified atom stereocenters. The number of nitrogens with zero attached hydrogens (tertiary/aromatic N) is 1. The Morgan fingerprint density at radius 2 is 2.25 bits per heavy atom. The molecule has 1 heterocycles. The molecular formula is C8H5ClFNS. The van der Waals surface area contributed by atoms with Crippen molar-refractivity contribution in [1.82, 2.24) is 4.98 Å². The minimum atomic E-state index is -0.211. The number of aryl methyl sites for hydroxylation is 1. The minimum absolute atomic E-state index is 0.211. The summed E-state index contributed by atoms with van der Waals surface area (Å²) < 4.78 is 14.2. The highest BCUT2D eigenvalue weighted by molar-refractivity contribution is 7.22. The predicted molar refractivity (Wildman–Crippen MR) is 49.3 cm³/mol. The Hall–Kier alpha value is -0.670. The molecule has 1 aromatic heterocycles. The highest BCUT2D eigenvalue weighted by Gasteiger charge is 2.08. The fraction of sp³-hybridized carbons (Fsp3) is 0.125. The monoisotopic (exact) mass is 201 g/mol. The van der Waals surface area contributed by atoms with E-state index in [1.165, 1.54) is 11.3 Å². The Bertz CT molecular complexity index is 438. The molecule has 0 saturated heterocycles. The highest BCUT2D eigenvalue weighted by atomic mass is 35.5. The smallest absolute Gasteiger partial charge is 0.184 e. The molecule has 0 fully saturated rings. The first-order chi connectivity index (χ1) is 5.68. The molecule has 12 heavy (non-hydrogen) atoms. The Morgan fingerprint density at radius 1 is 1.50 bits per heavy atom. The molecule has 0 atom stereocenters. The van der Waals surface area contributed by atoms with Crippen LogP contribution in [0.3, 0.4) is 0 Å². The second-order valence-electron chi connectivity index (χ2n) is 2.51. The topological polar surface area (TPSA) is 12.9 Å². The molecule has 62 valence electrons. The van der Waals surface area contributed by atoms with Gasteiger partial charge in [-0.2, -0.15) is 0 Å². The summed E-state index contributed by atoms with van der Waals surface area (Å²) in [6.07, 6.45) is 0. The second kappa shape index (κ2) is 2.68. The number of halogens is 2.